The van der Waals surface area contributed by atoms with Crippen LogP contribution >= 0.6 is 32.9 Å². The SMILES string of the molecule is C.C.Cc1s[c-]c2cc(S(F)(F)(F)(F)F)sc12.[CH3-].[Y]. The van der Waals surface area contributed by atoms with Gasteiger partial charge in [-0.25, -0.2) is 0 Å². The Labute approximate surface area is 144 Å². The van der Waals surface area contributed by atoms with Crippen LogP contribution in [0.1, 0.15) is 19.7 Å². The molecule has 2 aromatic rings. The minimum absolute atomic E-state index is 0. The van der Waals surface area contributed by atoms with Crippen molar-refractivity contribution in [3.05, 3.63) is 23.8 Å². The zero-order valence-electron chi connectivity index (χ0n) is 8.77. The summed E-state index contributed by atoms with van der Waals surface area (Å²) in [6.07, 6.45) is 0. The second kappa shape index (κ2) is 5.87. The summed E-state index contributed by atoms with van der Waals surface area (Å²) < 4.78 is 60.4. The molecule has 0 unspecified atom stereocenters. The molecule has 0 saturated heterocycles. The quantitative estimate of drug-likeness (QED) is 0.335. The predicted molar refractivity (Wildman–Crippen MR) is 74.5 cm³/mol. The molecule has 0 spiro atoms. The van der Waals surface area contributed by atoms with Crippen molar-refractivity contribution >= 4 is 43.0 Å². The average molecular weight is 415 g/mol. The fraction of sp³-hybridized carbons (Fsp3) is 0.300. The van der Waals surface area contributed by atoms with E-state index in [-0.39, 0.29) is 76.4 Å². The van der Waals surface area contributed by atoms with E-state index in [4.69, 9.17) is 0 Å². The summed E-state index contributed by atoms with van der Waals surface area (Å²) in [7, 11) is -9.50. The summed E-state index contributed by atoms with van der Waals surface area (Å²) in [5.74, 6) is 0. The Morgan fingerprint density at radius 1 is 1.11 bits per heavy atom. The van der Waals surface area contributed by atoms with Crippen LogP contribution in [-0.2, 0) is 32.7 Å². The van der Waals surface area contributed by atoms with Crippen LogP contribution in [0.25, 0.3) is 10.1 Å². The molecule has 0 bridgehead atoms. The molecule has 19 heavy (non-hydrogen) atoms. The van der Waals surface area contributed by atoms with E-state index in [2.05, 4.69) is 5.38 Å². The zero-order valence-corrected chi connectivity index (χ0v) is 14.1. The summed E-state index contributed by atoms with van der Waals surface area (Å²) in [4.78, 5) is 0.572. The normalized spacial score (nSPS) is 14.0. The van der Waals surface area contributed by atoms with Gasteiger partial charge >= 0.3 is 10.2 Å². The van der Waals surface area contributed by atoms with Crippen LogP contribution in [0.2, 0.25) is 0 Å². The summed E-state index contributed by atoms with van der Waals surface area (Å²) in [6.45, 7) is 1.58. The van der Waals surface area contributed by atoms with Gasteiger partial charge in [-0.15, -0.1) is 11.5 Å². The number of thiophene rings is 2. The van der Waals surface area contributed by atoms with Gasteiger partial charge in [-0.2, -0.15) is 11.3 Å². The molecule has 113 valence electrons. The van der Waals surface area contributed by atoms with Crippen molar-refractivity contribution in [2.75, 3.05) is 0 Å². The molecule has 0 N–H and O–H groups in total. The van der Waals surface area contributed by atoms with E-state index in [1.807, 2.05) is 0 Å². The maximum absolute atomic E-state index is 12.4. The largest absolute Gasteiger partial charge is 0.358 e. The van der Waals surface area contributed by atoms with Gasteiger partial charge in [-0.05, 0) is 0 Å². The second-order valence-corrected chi connectivity index (χ2v) is 7.75. The molecule has 1 radical (unpaired) electrons. The molecule has 0 amide bonds. The summed E-state index contributed by atoms with van der Waals surface area (Å²) in [5, 5.41) is 2.67. The summed E-state index contributed by atoms with van der Waals surface area (Å²) in [5.41, 5.74) is 0. The summed E-state index contributed by atoms with van der Waals surface area (Å²) >= 11 is 1.22. The maximum Gasteiger partial charge on any atom is 0.310 e. The fourth-order valence-electron chi connectivity index (χ4n) is 1.07. The third-order valence-corrected chi connectivity index (χ3v) is 5.81. The van der Waals surface area contributed by atoms with Gasteiger partial charge in [-0.3, -0.25) is 11.3 Å². The van der Waals surface area contributed by atoms with Crippen LogP contribution in [0.5, 0.6) is 0 Å². The first-order valence-corrected chi connectivity index (χ1v) is 7.20. The Hall–Kier alpha value is 0.764. The van der Waals surface area contributed by atoms with Gasteiger partial charge in [0.15, 0.2) is 0 Å². The standard InChI is InChI=1S/C7H4F5S3.2CH4.CH3.Y/c1-4-7-5(3-13-4)2-6(14-7)15(8,9,10,11)12;;;;/h2H,1H3;2*1H4;1H3;/q-1;;;-1;. The molecule has 0 saturated carbocycles. The molecule has 2 aromatic heterocycles. The number of fused-ring (bicyclic) bond motifs is 1. The zero-order chi connectivity index (χ0) is 11.5. The van der Waals surface area contributed by atoms with Crippen molar-refractivity contribution in [2.45, 2.75) is 26.0 Å². The van der Waals surface area contributed by atoms with Gasteiger partial charge in [0.1, 0.15) is 4.21 Å². The van der Waals surface area contributed by atoms with Crippen molar-refractivity contribution in [3.63, 3.8) is 0 Å². The van der Waals surface area contributed by atoms with Crippen molar-refractivity contribution < 1.29 is 52.1 Å². The molecule has 0 aliphatic rings. The van der Waals surface area contributed by atoms with E-state index < -0.39 is 14.4 Å². The molecule has 0 aliphatic carbocycles. The van der Waals surface area contributed by atoms with Crippen molar-refractivity contribution in [1.82, 2.24) is 0 Å². The smallest absolute Gasteiger partial charge is 0.310 e. The molecule has 0 aromatic carbocycles. The number of hydrogen-bond donors (Lipinski definition) is 0. The molecule has 0 aliphatic heterocycles. The van der Waals surface area contributed by atoms with Crippen LogP contribution in [0, 0.1) is 19.7 Å². The predicted octanol–water partition coefficient (Wildman–Crippen LogP) is 7.45. The van der Waals surface area contributed by atoms with E-state index in [1.165, 1.54) is 0 Å². The molecule has 9 heteroatoms. The van der Waals surface area contributed by atoms with Crippen LogP contribution in [0.4, 0.5) is 19.4 Å². The average Bonchev–Trinajstić information content (AvgIpc) is 2.48. The first-order valence-electron chi connectivity index (χ1n) is 3.62. The number of hydrogen-bond acceptors (Lipinski definition) is 2. The van der Waals surface area contributed by atoms with Gasteiger partial charge in [0.25, 0.3) is 0 Å². The van der Waals surface area contributed by atoms with Crippen molar-refractivity contribution in [1.29, 1.82) is 0 Å². The van der Waals surface area contributed by atoms with E-state index in [9.17, 15) is 19.4 Å². The van der Waals surface area contributed by atoms with E-state index in [1.54, 1.807) is 6.92 Å². The molecule has 2 heterocycles. The molecular weight excluding hydrogens is 400 g/mol. The Balaban J connectivity index is -0.000000640. The van der Waals surface area contributed by atoms with Crippen molar-refractivity contribution in [3.8, 4) is 0 Å². The monoisotopic (exact) mass is 415 g/mol. The van der Waals surface area contributed by atoms with Gasteiger partial charge in [0.2, 0.25) is 0 Å². The van der Waals surface area contributed by atoms with Gasteiger partial charge in [0, 0.05) is 32.7 Å². The van der Waals surface area contributed by atoms with Crippen LogP contribution in [0.3, 0.4) is 0 Å². The second-order valence-electron chi connectivity index (χ2n) is 3.04. The summed E-state index contributed by atoms with van der Waals surface area (Å²) in [6, 6.07) is 0.477. The van der Waals surface area contributed by atoms with Crippen molar-refractivity contribution in [2.24, 2.45) is 0 Å². The molecule has 2 rings (SSSR count). The van der Waals surface area contributed by atoms with Crippen LogP contribution in [-0.4, -0.2) is 0 Å². The Morgan fingerprint density at radius 2 is 1.58 bits per heavy atom. The minimum Gasteiger partial charge on any atom is -0.358 e. The number of halogens is 5. The Morgan fingerprint density at radius 3 is 1.95 bits per heavy atom. The Bertz CT molecular complexity index is 540. The third-order valence-electron chi connectivity index (χ3n) is 1.72. The Kier molecular flexibility index (Phi) is 7.65. The van der Waals surface area contributed by atoms with E-state index in [0.717, 1.165) is 11.3 Å². The van der Waals surface area contributed by atoms with Gasteiger partial charge < -0.3 is 7.43 Å². The number of rotatable bonds is 1. The molecular formula is C10H15F5S3Y-2. The van der Waals surface area contributed by atoms with E-state index in [0.29, 0.717) is 10.9 Å². The van der Waals surface area contributed by atoms with Crippen LogP contribution < -0.4 is 0 Å². The number of aryl methyl sites for hydroxylation is 1. The molecule has 0 fully saturated rings. The fourth-order valence-corrected chi connectivity index (χ4v) is 3.98. The first kappa shape index (κ1) is 24.8. The third kappa shape index (κ3) is 5.23. The first-order chi connectivity index (χ1) is 6.47. The van der Waals surface area contributed by atoms with Crippen LogP contribution in [0.15, 0.2) is 10.3 Å². The van der Waals surface area contributed by atoms with Gasteiger partial charge in [-0.1, -0.05) is 56.2 Å². The topological polar surface area (TPSA) is 0 Å². The minimum atomic E-state index is -9.50. The maximum atomic E-state index is 12.4. The van der Waals surface area contributed by atoms with E-state index >= 15 is 0 Å². The molecule has 0 atom stereocenters. The molecule has 0 nitrogen and oxygen atoms in total. The van der Waals surface area contributed by atoms with Gasteiger partial charge in [0.05, 0.1) is 0 Å².